The number of phenols is 1. The fourth-order valence-electron chi connectivity index (χ4n) is 1.41. The number of thiocarbonyl (C=S) groups is 1. The number of amides is 1. The van der Waals surface area contributed by atoms with Crippen molar-refractivity contribution < 1.29 is 19.4 Å². The Labute approximate surface area is 122 Å². The first-order chi connectivity index (χ1) is 9.14. The van der Waals surface area contributed by atoms with Crippen molar-refractivity contribution in [2.75, 3.05) is 12.4 Å². The molecule has 4 N–H and O–H groups in total. The summed E-state index contributed by atoms with van der Waals surface area (Å²) in [6, 6.07) is 2.93. The number of benzene rings is 1. The van der Waals surface area contributed by atoms with Crippen LogP contribution in [0, 0.1) is 0 Å². The third-order valence-corrected chi connectivity index (χ3v) is 2.45. The minimum absolute atomic E-state index is 0.112. The highest BCUT2D eigenvalue weighted by Gasteiger charge is 2.19. The molecule has 7 heteroatoms. The van der Waals surface area contributed by atoms with Gasteiger partial charge in [-0.3, -0.25) is 5.32 Å². The van der Waals surface area contributed by atoms with Gasteiger partial charge in [0.1, 0.15) is 10.6 Å². The molecule has 6 nitrogen and oxygen atoms in total. The van der Waals surface area contributed by atoms with Gasteiger partial charge in [0.2, 0.25) is 0 Å². The molecule has 1 aromatic rings. The zero-order valence-electron chi connectivity index (χ0n) is 11.8. The van der Waals surface area contributed by atoms with E-state index in [1.807, 2.05) is 0 Å². The number of hydrogen-bond acceptors (Lipinski definition) is 5. The van der Waals surface area contributed by atoms with Crippen LogP contribution in [-0.4, -0.2) is 28.9 Å². The third-order valence-electron chi connectivity index (χ3n) is 2.21. The fourth-order valence-corrected chi connectivity index (χ4v) is 1.53. The van der Waals surface area contributed by atoms with E-state index in [1.54, 1.807) is 20.8 Å². The van der Waals surface area contributed by atoms with E-state index in [9.17, 15) is 9.90 Å². The van der Waals surface area contributed by atoms with Gasteiger partial charge in [-0.1, -0.05) is 12.2 Å². The van der Waals surface area contributed by atoms with Crippen LogP contribution in [0.1, 0.15) is 26.3 Å². The van der Waals surface area contributed by atoms with Crippen molar-refractivity contribution in [2.45, 2.75) is 26.4 Å². The molecule has 0 aliphatic carbocycles. The molecule has 0 spiro atoms. The molecule has 0 saturated heterocycles. The smallest absolute Gasteiger partial charge is 0.412 e. The molecule has 0 aliphatic heterocycles. The SMILES string of the molecule is COc1cc(C(N)=S)cc(NC(=O)OC(C)(C)C)c1O. The summed E-state index contributed by atoms with van der Waals surface area (Å²) in [6.07, 6.45) is -0.699. The topological polar surface area (TPSA) is 93.8 Å². The summed E-state index contributed by atoms with van der Waals surface area (Å²) in [6.45, 7) is 5.20. The van der Waals surface area contributed by atoms with Gasteiger partial charge in [-0.25, -0.2) is 4.79 Å². The molecule has 1 amide bonds. The molecule has 0 unspecified atom stereocenters. The Morgan fingerprint density at radius 3 is 2.45 bits per heavy atom. The van der Waals surface area contributed by atoms with Crippen LogP contribution >= 0.6 is 12.2 Å². The molecule has 0 atom stereocenters. The Balaban J connectivity index is 3.08. The first kappa shape index (κ1) is 16.0. The number of nitrogens with two attached hydrogens (primary N) is 1. The number of phenolic OH excluding ortho intramolecular Hbond substituents is 1. The predicted octanol–water partition coefficient (Wildman–Crippen LogP) is 2.38. The van der Waals surface area contributed by atoms with Gasteiger partial charge in [-0.2, -0.15) is 0 Å². The Morgan fingerprint density at radius 2 is 2.00 bits per heavy atom. The van der Waals surface area contributed by atoms with Crippen LogP contribution in [0.4, 0.5) is 10.5 Å². The minimum atomic E-state index is -0.699. The Bertz CT molecular complexity index is 538. The summed E-state index contributed by atoms with van der Waals surface area (Å²) < 4.78 is 10.1. The molecular weight excluding hydrogens is 280 g/mol. The van der Waals surface area contributed by atoms with Crippen LogP contribution in [0.5, 0.6) is 11.5 Å². The van der Waals surface area contributed by atoms with Gasteiger partial charge in [0.05, 0.1) is 12.8 Å². The maximum Gasteiger partial charge on any atom is 0.412 e. The summed E-state index contributed by atoms with van der Waals surface area (Å²) in [7, 11) is 1.38. The van der Waals surface area contributed by atoms with Crippen molar-refractivity contribution in [1.29, 1.82) is 0 Å². The van der Waals surface area contributed by atoms with Crippen LogP contribution in [0.2, 0.25) is 0 Å². The van der Waals surface area contributed by atoms with E-state index in [2.05, 4.69) is 5.32 Å². The molecule has 0 fully saturated rings. The number of rotatable bonds is 3. The van der Waals surface area contributed by atoms with Crippen LogP contribution in [0.25, 0.3) is 0 Å². The van der Waals surface area contributed by atoms with Crippen LogP contribution in [-0.2, 0) is 4.74 Å². The highest BCUT2D eigenvalue weighted by Crippen LogP contribution is 2.35. The van der Waals surface area contributed by atoms with Crippen LogP contribution in [0.3, 0.4) is 0 Å². The zero-order valence-corrected chi connectivity index (χ0v) is 12.6. The van der Waals surface area contributed by atoms with Gasteiger partial charge in [0, 0.05) is 5.56 Å². The van der Waals surface area contributed by atoms with E-state index >= 15 is 0 Å². The molecule has 0 aromatic heterocycles. The molecule has 1 aromatic carbocycles. The molecule has 1 rings (SSSR count). The number of methoxy groups -OCH3 is 1. The van der Waals surface area contributed by atoms with Crippen LogP contribution in [0.15, 0.2) is 12.1 Å². The van der Waals surface area contributed by atoms with Gasteiger partial charge in [-0.05, 0) is 32.9 Å². The van der Waals surface area contributed by atoms with Crippen molar-refractivity contribution in [3.05, 3.63) is 17.7 Å². The molecule has 0 bridgehead atoms. The lowest BCUT2D eigenvalue weighted by Gasteiger charge is -2.20. The van der Waals surface area contributed by atoms with Gasteiger partial charge in [-0.15, -0.1) is 0 Å². The Hall–Kier alpha value is -2.02. The van der Waals surface area contributed by atoms with Gasteiger partial charge >= 0.3 is 6.09 Å². The quantitative estimate of drug-likeness (QED) is 0.586. The van der Waals surface area contributed by atoms with Crippen LogP contribution < -0.4 is 15.8 Å². The maximum absolute atomic E-state index is 11.7. The van der Waals surface area contributed by atoms with Crippen molar-refractivity contribution >= 4 is 29.0 Å². The lowest BCUT2D eigenvalue weighted by molar-refractivity contribution is 0.0635. The number of carbonyl (C=O) groups is 1. The lowest BCUT2D eigenvalue weighted by atomic mass is 10.1. The third kappa shape index (κ3) is 4.27. The van der Waals surface area contributed by atoms with E-state index in [0.717, 1.165) is 0 Å². The monoisotopic (exact) mass is 298 g/mol. The fraction of sp³-hybridized carbons (Fsp3) is 0.385. The van der Waals surface area contributed by atoms with Gasteiger partial charge in [0.15, 0.2) is 11.5 Å². The summed E-state index contributed by atoms with van der Waals surface area (Å²) in [5.41, 5.74) is 5.46. The average molecular weight is 298 g/mol. The molecule has 20 heavy (non-hydrogen) atoms. The largest absolute Gasteiger partial charge is 0.503 e. The summed E-state index contributed by atoms with van der Waals surface area (Å²) in [5.74, 6) is -0.0697. The van der Waals surface area contributed by atoms with E-state index in [4.69, 9.17) is 27.4 Å². The second kappa shape index (κ2) is 5.96. The van der Waals surface area contributed by atoms with E-state index < -0.39 is 11.7 Å². The van der Waals surface area contributed by atoms with Crippen molar-refractivity contribution in [3.8, 4) is 11.5 Å². The Morgan fingerprint density at radius 1 is 1.40 bits per heavy atom. The summed E-state index contributed by atoms with van der Waals surface area (Å²) in [4.78, 5) is 11.8. The maximum atomic E-state index is 11.7. The number of ether oxygens (including phenoxy) is 2. The number of carbonyl (C=O) groups excluding carboxylic acids is 1. The summed E-state index contributed by atoms with van der Waals surface area (Å²) >= 11 is 4.87. The molecule has 0 heterocycles. The molecule has 110 valence electrons. The number of nitrogens with one attached hydrogen (secondary N) is 1. The number of aromatic hydroxyl groups is 1. The van der Waals surface area contributed by atoms with E-state index in [1.165, 1.54) is 19.2 Å². The highest BCUT2D eigenvalue weighted by molar-refractivity contribution is 7.80. The van der Waals surface area contributed by atoms with Crippen molar-refractivity contribution in [2.24, 2.45) is 5.73 Å². The van der Waals surface area contributed by atoms with Gasteiger partial charge in [0.25, 0.3) is 0 Å². The zero-order chi connectivity index (χ0) is 15.5. The minimum Gasteiger partial charge on any atom is -0.503 e. The molecule has 0 saturated carbocycles. The first-order valence-electron chi connectivity index (χ1n) is 5.85. The number of hydrogen-bond donors (Lipinski definition) is 3. The molecular formula is C13H18N2O4S. The molecule has 0 radical (unpaired) electrons. The van der Waals surface area contributed by atoms with E-state index in [-0.39, 0.29) is 22.2 Å². The van der Waals surface area contributed by atoms with E-state index in [0.29, 0.717) is 5.56 Å². The predicted molar refractivity (Wildman–Crippen MR) is 80.4 cm³/mol. The van der Waals surface area contributed by atoms with Gasteiger partial charge < -0.3 is 20.3 Å². The highest BCUT2D eigenvalue weighted by atomic mass is 32.1. The number of anilines is 1. The van der Waals surface area contributed by atoms with Crippen molar-refractivity contribution in [1.82, 2.24) is 0 Å². The lowest BCUT2D eigenvalue weighted by Crippen LogP contribution is -2.27. The van der Waals surface area contributed by atoms with Crippen molar-refractivity contribution in [3.63, 3.8) is 0 Å². The summed E-state index contributed by atoms with van der Waals surface area (Å²) in [5, 5.41) is 12.4. The normalized spacial score (nSPS) is 10.8. The second-order valence-corrected chi connectivity index (χ2v) is 5.51. The Kier molecular flexibility index (Phi) is 4.78. The molecule has 0 aliphatic rings. The second-order valence-electron chi connectivity index (χ2n) is 5.07. The standard InChI is InChI=1S/C13H18N2O4S/c1-13(2,3)19-12(17)15-8-5-7(11(14)20)6-9(18-4)10(8)16/h5-6,16H,1-4H3,(H2,14,20)(H,15,17). The first-order valence-corrected chi connectivity index (χ1v) is 6.25. The average Bonchev–Trinajstić information content (AvgIpc) is 2.28.